The van der Waals surface area contributed by atoms with Gasteiger partial charge in [-0.25, -0.2) is 4.39 Å². The number of hydrogen-bond donors (Lipinski definition) is 0. The predicted molar refractivity (Wildman–Crippen MR) is 103 cm³/mol. The number of rotatable bonds is 2. The summed E-state index contributed by atoms with van der Waals surface area (Å²) in [5, 5.41) is 4.47. The first-order chi connectivity index (χ1) is 13.7. The molecule has 29 heavy (non-hydrogen) atoms. The van der Waals surface area contributed by atoms with Crippen LogP contribution in [0.4, 0.5) is 17.6 Å². The number of carbonyl (C=O) groups is 1. The summed E-state index contributed by atoms with van der Waals surface area (Å²) in [6.45, 7) is 3.27. The lowest BCUT2D eigenvalue weighted by Gasteiger charge is -2.13. The smallest absolute Gasteiger partial charge is 0.267 e. The summed E-state index contributed by atoms with van der Waals surface area (Å²) in [4.78, 5) is 13.1. The van der Waals surface area contributed by atoms with Gasteiger partial charge in [0.15, 0.2) is 0 Å². The van der Waals surface area contributed by atoms with Gasteiger partial charge in [0.2, 0.25) is 0 Å². The van der Waals surface area contributed by atoms with Crippen molar-refractivity contribution in [2.45, 2.75) is 20.0 Å². The molecule has 0 aliphatic rings. The van der Waals surface area contributed by atoms with Gasteiger partial charge < -0.3 is 0 Å². The van der Waals surface area contributed by atoms with Crippen molar-refractivity contribution in [3.8, 4) is 11.3 Å². The first-order valence-electron chi connectivity index (χ1n) is 8.57. The van der Waals surface area contributed by atoms with Crippen LogP contribution in [0, 0.1) is 5.82 Å². The molecule has 150 valence electrons. The summed E-state index contributed by atoms with van der Waals surface area (Å²) in [5.74, 6) is -1.62. The quantitative estimate of drug-likeness (QED) is 0.563. The first-order valence-corrected chi connectivity index (χ1v) is 8.95. The molecule has 0 saturated carbocycles. The van der Waals surface area contributed by atoms with Gasteiger partial charge in [-0.3, -0.25) is 4.79 Å². The van der Waals surface area contributed by atoms with E-state index in [1.807, 2.05) is 0 Å². The van der Waals surface area contributed by atoms with Crippen LogP contribution < -0.4 is 10.6 Å². The zero-order valence-corrected chi connectivity index (χ0v) is 16.1. The van der Waals surface area contributed by atoms with Crippen LogP contribution in [0.25, 0.3) is 23.4 Å². The molecule has 1 heterocycles. The normalized spacial score (nSPS) is 13.2. The Morgan fingerprint density at radius 2 is 1.76 bits per heavy atom. The van der Waals surface area contributed by atoms with Gasteiger partial charge in [0.05, 0.1) is 21.5 Å². The Kier molecular flexibility index (Phi) is 5.61. The van der Waals surface area contributed by atoms with Gasteiger partial charge in [-0.15, -0.1) is 0 Å². The van der Waals surface area contributed by atoms with Crippen LogP contribution in [0.1, 0.15) is 29.8 Å². The zero-order valence-electron chi connectivity index (χ0n) is 15.4. The van der Waals surface area contributed by atoms with E-state index in [2.05, 4.69) is 5.10 Å². The number of halogens is 5. The van der Waals surface area contributed by atoms with E-state index in [9.17, 15) is 22.4 Å². The topological polar surface area (TPSA) is 34.9 Å². The average molecular weight is 423 g/mol. The second-order valence-electron chi connectivity index (χ2n) is 6.08. The van der Waals surface area contributed by atoms with Crippen LogP contribution in [0.2, 0.25) is 5.02 Å². The van der Waals surface area contributed by atoms with Gasteiger partial charge in [-0.05, 0) is 38.1 Å². The predicted octanol–water partition coefficient (Wildman–Crippen LogP) is 4.65. The summed E-state index contributed by atoms with van der Waals surface area (Å²) >= 11 is 5.96. The van der Waals surface area contributed by atoms with Gasteiger partial charge in [0.25, 0.3) is 5.91 Å². The maximum Gasteiger partial charge on any atom is 0.417 e. The molecule has 3 nitrogen and oxygen atoms in total. The highest BCUT2D eigenvalue weighted by molar-refractivity contribution is 6.34. The SMILES string of the molecule is CC=c1c(-c2ccccc2F)nn(C(=O)c2c(Cl)cccc2C(F)(F)F)c1=CC. The van der Waals surface area contributed by atoms with Crippen LogP contribution in [0.5, 0.6) is 0 Å². The second kappa shape index (κ2) is 7.83. The number of benzene rings is 2. The molecule has 2 aromatic carbocycles. The maximum atomic E-state index is 14.3. The Balaban J connectivity index is 2.33. The van der Waals surface area contributed by atoms with Crippen molar-refractivity contribution >= 4 is 29.7 Å². The molecule has 0 saturated heterocycles. The van der Waals surface area contributed by atoms with Crippen LogP contribution in [-0.4, -0.2) is 15.7 Å². The monoisotopic (exact) mass is 422 g/mol. The molecular weight excluding hydrogens is 408 g/mol. The lowest BCUT2D eigenvalue weighted by atomic mass is 10.1. The Bertz CT molecular complexity index is 1210. The zero-order chi connectivity index (χ0) is 21.3. The van der Waals surface area contributed by atoms with Crippen LogP contribution >= 0.6 is 11.6 Å². The van der Waals surface area contributed by atoms with Gasteiger partial charge in [-0.1, -0.05) is 42.0 Å². The van der Waals surface area contributed by atoms with E-state index in [1.165, 1.54) is 30.3 Å². The summed E-state index contributed by atoms with van der Waals surface area (Å²) in [5.41, 5.74) is -1.60. The molecule has 0 aliphatic heterocycles. The van der Waals surface area contributed by atoms with E-state index < -0.39 is 29.0 Å². The molecule has 8 heteroatoms. The van der Waals surface area contributed by atoms with Gasteiger partial charge in [0, 0.05) is 10.8 Å². The minimum absolute atomic E-state index is 0.130. The average Bonchev–Trinajstić information content (AvgIpc) is 3.05. The molecule has 0 spiro atoms. The van der Waals surface area contributed by atoms with Crippen LogP contribution in [-0.2, 0) is 6.18 Å². The Morgan fingerprint density at radius 1 is 1.07 bits per heavy atom. The molecule has 0 N–H and O–H groups in total. The number of alkyl halides is 3. The number of carbonyl (C=O) groups excluding carboxylic acids is 1. The minimum atomic E-state index is -4.78. The Morgan fingerprint density at radius 3 is 2.34 bits per heavy atom. The van der Waals surface area contributed by atoms with Gasteiger partial charge in [-0.2, -0.15) is 23.0 Å². The Hall–Kier alpha value is -2.93. The van der Waals surface area contributed by atoms with Crippen molar-refractivity contribution < 1.29 is 22.4 Å². The third kappa shape index (κ3) is 3.70. The molecule has 0 amide bonds. The molecule has 0 radical (unpaired) electrons. The van der Waals surface area contributed by atoms with Crippen molar-refractivity contribution in [2.75, 3.05) is 0 Å². The third-order valence-corrected chi connectivity index (χ3v) is 4.69. The van der Waals surface area contributed by atoms with E-state index in [1.54, 1.807) is 26.0 Å². The number of hydrogen-bond acceptors (Lipinski definition) is 2. The molecule has 1 aromatic heterocycles. The van der Waals surface area contributed by atoms with Gasteiger partial charge >= 0.3 is 6.18 Å². The fourth-order valence-corrected chi connectivity index (χ4v) is 3.35. The van der Waals surface area contributed by atoms with Crippen molar-refractivity contribution in [2.24, 2.45) is 0 Å². The van der Waals surface area contributed by atoms with Crippen molar-refractivity contribution in [3.05, 3.63) is 75.0 Å². The van der Waals surface area contributed by atoms with E-state index in [4.69, 9.17) is 11.6 Å². The lowest BCUT2D eigenvalue weighted by Crippen LogP contribution is -2.34. The summed E-state index contributed by atoms with van der Waals surface area (Å²) in [6, 6.07) is 8.92. The standard InChI is InChI=1S/C21H15ClF4N2O/c1-3-12-17(4-2)28(27-19(12)13-8-5-6-11-16(13)23)20(29)18-14(21(24,25)26)9-7-10-15(18)22/h3-11H,1-2H3. The van der Waals surface area contributed by atoms with E-state index in [-0.39, 0.29) is 21.6 Å². The second-order valence-corrected chi connectivity index (χ2v) is 6.49. The van der Waals surface area contributed by atoms with Gasteiger partial charge in [0.1, 0.15) is 11.5 Å². The minimum Gasteiger partial charge on any atom is -0.267 e. The first kappa shape index (κ1) is 20.8. The molecular formula is C21H15ClF4N2O. The molecule has 0 unspecified atom stereocenters. The largest absolute Gasteiger partial charge is 0.417 e. The number of nitrogens with zero attached hydrogens (tertiary/aromatic N) is 2. The summed E-state index contributed by atoms with van der Waals surface area (Å²) in [7, 11) is 0. The molecule has 0 atom stereocenters. The van der Waals surface area contributed by atoms with Crippen molar-refractivity contribution in [1.82, 2.24) is 9.78 Å². The Labute approximate surface area is 168 Å². The third-order valence-electron chi connectivity index (χ3n) is 4.38. The fourth-order valence-electron chi connectivity index (χ4n) is 3.10. The van der Waals surface area contributed by atoms with E-state index >= 15 is 0 Å². The highest BCUT2D eigenvalue weighted by Gasteiger charge is 2.37. The molecule has 3 rings (SSSR count). The highest BCUT2D eigenvalue weighted by Crippen LogP contribution is 2.35. The van der Waals surface area contributed by atoms with Crippen molar-refractivity contribution in [1.29, 1.82) is 0 Å². The fraction of sp³-hybridized carbons (Fsp3) is 0.143. The maximum absolute atomic E-state index is 14.3. The molecule has 0 fully saturated rings. The molecule has 0 bridgehead atoms. The summed E-state index contributed by atoms with van der Waals surface area (Å²) < 4.78 is 55.5. The van der Waals surface area contributed by atoms with E-state index in [0.29, 0.717) is 5.22 Å². The molecule has 3 aromatic rings. The van der Waals surface area contributed by atoms with Crippen LogP contribution in [0.15, 0.2) is 42.5 Å². The van der Waals surface area contributed by atoms with E-state index in [0.717, 1.165) is 16.8 Å². The van der Waals surface area contributed by atoms with Crippen molar-refractivity contribution in [3.63, 3.8) is 0 Å². The number of aromatic nitrogens is 2. The summed E-state index contributed by atoms with van der Waals surface area (Å²) in [6.07, 6.45) is -1.65. The highest BCUT2D eigenvalue weighted by atomic mass is 35.5. The van der Waals surface area contributed by atoms with Crippen LogP contribution in [0.3, 0.4) is 0 Å². The lowest BCUT2D eigenvalue weighted by molar-refractivity contribution is -0.137. The molecule has 0 aliphatic carbocycles.